The summed E-state index contributed by atoms with van der Waals surface area (Å²) in [4.78, 5) is 4.53. The summed E-state index contributed by atoms with van der Waals surface area (Å²) in [5.74, 6) is 1.43. The van der Waals surface area contributed by atoms with Crippen LogP contribution in [0.25, 0.3) is 10.2 Å². The Labute approximate surface area is 185 Å². The lowest BCUT2D eigenvalue weighted by molar-refractivity contribution is 0.304. The van der Waals surface area contributed by atoms with Crippen LogP contribution in [-0.4, -0.2) is 4.98 Å². The third kappa shape index (κ3) is 4.75. The minimum Gasteiger partial charge on any atom is -0.486 e. The first kappa shape index (κ1) is 19.8. The van der Waals surface area contributed by atoms with Crippen LogP contribution in [0.1, 0.15) is 10.6 Å². The molecule has 0 radical (unpaired) electrons. The van der Waals surface area contributed by atoms with Crippen molar-refractivity contribution in [2.24, 2.45) is 0 Å². The maximum atomic E-state index is 9.07. The number of thiazole rings is 1. The molecule has 0 aliphatic heterocycles. The van der Waals surface area contributed by atoms with Crippen molar-refractivity contribution in [3.8, 4) is 23.3 Å². The molecule has 0 spiro atoms. The minimum atomic E-state index is 0.269. The Morgan fingerprint density at radius 3 is 2.41 bits per heavy atom. The molecule has 0 amide bonds. The molecule has 3 aromatic carbocycles. The third-order valence-electron chi connectivity index (χ3n) is 3.85. The Hall–Kier alpha value is -2.49. The minimum absolute atomic E-state index is 0.269. The lowest BCUT2D eigenvalue weighted by atomic mass is 10.2. The van der Waals surface area contributed by atoms with Gasteiger partial charge in [-0.2, -0.15) is 5.26 Å². The van der Waals surface area contributed by atoms with Crippen LogP contribution in [0.15, 0.2) is 54.6 Å². The van der Waals surface area contributed by atoms with E-state index in [-0.39, 0.29) is 6.61 Å². The first-order valence-electron chi connectivity index (χ1n) is 8.36. The van der Waals surface area contributed by atoms with Crippen molar-refractivity contribution in [3.05, 3.63) is 80.2 Å². The number of nitriles is 1. The van der Waals surface area contributed by atoms with Crippen molar-refractivity contribution in [2.45, 2.75) is 6.61 Å². The van der Waals surface area contributed by atoms with Crippen molar-refractivity contribution >= 4 is 56.4 Å². The molecule has 0 fully saturated rings. The average Bonchev–Trinajstić information content (AvgIpc) is 3.10. The monoisotopic (exact) mass is 460 g/mol. The molecule has 0 bridgehead atoms. The molecule has 4 aromatic rings. The smallest absolute Gasteiger partial charge is 0.140 e. The topological polar surface area (TPSA) is 55.1 Å². The summed E-state index contributed by atoms with van der Waals surface area (Å²) in [5.41, 5.74) is 1.24. The SMILES string of the molecule is N#Cc1cc(Cl)cc(Oc2cc(Cl)cc(OCc3nc4cccc(Cl)c4s3)c2)c1. The molecule has 4 rings (SSSR count). The van der Waals surface area contributed by atoms with Gasteiger partial charge in [0.2, 0.25) is 0 Å². The first-order chi connectivity index (χ1) is 14.0. The van der Waals surface area contributed by atoms with Crippen molar-refractivity contribution < 1.29 is 9.47 Å². The zero-order valence-electron chi connectivity index (χ0n) is 14.7. The molecular weight excluding hydrogens is 451 g/mol. The normalized spacial score (nSPS) is 10.7. The van der Waals surface area contributed by atoms with Crippen molar-refractivity contribution in [1.82, 2.24) is 4.98 Å². The largest absolute Gasteiger partial charge is 0.486 e. The van der Waals surface area contributed by atoms with E-state index >= 15 is 0 Å². The van der Waals surface area contributed by atoms with E-state index < -0.39 is 0 Å². The predicted molar refractivity (Wildman–Crippen MR) is 117 cm³/mol. The van der Waals surface area contributed by atoms with Gasteiger partial charge in [-0.25, -0.2) is 4.98 Å². The zero-order chi connectivity index (χ0) is 20.4. The van der Waals surface area contributed by atoms with Crippen LogP contribution in [0.3, 0.4) is 0 Å². The summed E-state index contributed by atoms with van der Waals surface area (Å²) in [6.45, 7) is 0.269. The highest BCUT2D eigenvalue weighted by molar-refractivity contribution is 7.19. The van der Waals surface area contributed by atoms with E-state index in [4.69, 9.17) is 49.5 Å². The second-order valence-electron chi connectivity index (χ2n) is 6.00. The Morgan fingerprint density at radius 1 is 0.931 bits per heavy atom. The fourth-order valence-electron chi connectivity index (χ4n) is 2.67. The summed E-state index contributed by atoms with van der Waals surface area (Å²) in [5, 5.41) is 11.4. The number of benzene rings is 3. The highest BCUT2D eigenvalue weighted by atomic mass is 35.5. The Morgan fingerprint density at radius 2 is 1.66 bits per heavy atom. The van der Waals surface area contributed by atoms with Crippen molar-refractivity contribution in [2.75, 3.05) is 0 Å². The highest BCUT2D eigenvalue weighted by Crippen LogP contribution is 2.33. The van der Waals surface area contributed by atoms with Gasteiger partial charge in [0, 0.05) is 16.1 Å². The van der Waals surface area contributed by atoms with Gasteiger partial charge >= 0.3 is 0 Å². The van der Waals surface area contributed by atoms with Crippen LogP contribution in [0, 0.1) is 11.3 Å². The Balaban J connectivity index is 1.53. The Kier molecular flexibility index (Phi) is 5.79. The Bertz CT molecular complexity index is 1250. The van der Waals surface area contributed by atoms with Gasteiger partial charge in [-0.1, -0.05) is 40.9 Å². The van der Waals surface area contributed by atoms with Crippen LogP contribution in [0.4, 0.5) is 0 Å². The standard InChI is InChI=1S/C21H11Cl3N2O2S/c22-13-4-12(10-25)5-16(7-13)28-17-8-14(23)6-15(9-17)27-11-20-26-19-3-1-2-18(24)21(19)29-20/h1-9H,11H2. The van der Waals surface area contributed by atoms with Gasteiger partial charge < -0.3 is 9.47 Å². The predicted octanol–water partition coefficient (Wildman–Crippen LogP) is 7.50. The first-order valence-corrected chi connectivity index (χ1v) is 10.3. The number of fused-ring (bicyclic) bond motifs is 1. The lowest BCUT2D eigenvalue weighted by Gasteiger charge is -2.10. The summed E-state index contributed by atoms with van der Waals surface area (Å²) in [6, 6.07) is 17.5. The van der Waals surface area contributed by atoms with E-state index in [0.29, 0.717) is 37.9 Å². The highest BCUT2D eigenvalue weighted by Gasteiger charge is 2.09. The van der Waals surface area contributed by atoms with Crippen LogP contribution in [0.2, 0.25) is 15.1 Å². The number of hydrogen-bond acceptors (Lipinski definition) is 5. The number of ether oxygens (including phenoxy) is 2. The quantitative estimate of drug-likeness (QED) is 0.309. The molecule has 0 N–H and O–H groups in total. The summed E-state index contributed by atoms with van der Waals surface area (Å²) >= 11 is 19.9. The van der Waals surface area contributed by atoms with Crippen molar-refractivity contribution in [3.63, 3.8) is 0 Å². The number of aromatic nitrogens is 1. The molecule has 0 aliphatic rings. The summed E-state index contributed by atoms with van der Waals surface area (Å²) < 4.78 is 12.6. The second-order valence-corrected chi connectivity index (χ2v) is 8.36. The number of nitrogens with zero attached hydrogens (tertiary/aromatic N) is 2. The van der Waals surface area contributed by atoms with Gasteiger partial charge in [-0.3, -0.25) is 0 Å². The average molecular weight is 462 g/mol. The van der Waals surface area contributed by atoms with Gasteiger partial charge in [-0.05, 0) is 42.5 Å². The molecule has 29 heavy (non-hydrogen) atoms. The van der Waals surface area contributed by atoms with E-state index in [1.54, 1.807) is 36.4 Å². The molecule has 0 saturated heterocycles. The van der Waals surface area contributed by atoms with Crippen molar-refractivity contribution in [1.29, 1.82) is 5.26 Å². The molecule has 1 aromatic heterocycles. The third-order valence-corrected chi connectivity index (χ3v) is 5.80. The fourth-order valence-corrected chi connectivity index (χ4v) is 4.28. The molecule has 0 saturated carbocycles. The van der Waals surface area contributed by atoms with Gasteiger partial charge in [0.25, 0.3) is 0 Å². The van der Waals surface area contributed by atoms with Crippen LogP contribution in [-0.2, 0) is 6.61 Å². The molecule has 4 nitrogen and oxygen atoms in total. The van der Waals surface area contributed by atoms with E-state index in [2.05, 4.69) is 4.98 Å². The molecule has 8 heteroatoms. The van der Waals surface area contributed by atoms with Gasteiger partial charge in [0.15, 0.2) is 0 Å². The van der Waals surface area contributed by atoms with Crippen LogP contribution >= 0.6 is 46.1 Å². The van der Waals surface area contributed by atoms with E-state index in [1.807, 2.05) is 24.3 Å². The summed E-state index contributed by atoms with van der Waals surface area (Å²) in [7, 11) is 0. The molecule has 0 unspecified atom stereocenters. The number of halogens is 3. The number of hydrogen-bond donors (Lipinski definition) is 0. The number of rotatable bonds is 5. The molecule has 144 valence electrons. The molecule has 0 atom stereocenters. The summed E-state index contributed by atoms with van der Waals surface area (Å²) in [6.07, 6.45) is 0. The molecule has 1 heterocycles. The van der Waals surface area contributed by atoms with Crippen LogP contribution in [0.5, 0.6) is 17.2 Å². The van der Waals surface area contributed by atoms with Crippen LogP contribution < -0.4 is 9.47 Å². The van der Waals surface area contributed by atoms with Gasteiger partial charge in [-0.15, -0.1) is 11.3 Å². The molecular formula is C21H11Cl3N2O2S. The van der Waals surface area contributed by atoms with E-state index in [1.165, 1.54) is 11.3 Å². The van der Waals surface area contributed by atoms with E-state index in [9.17, 15) is 0 Å². The van der Waals surface area contributed by atoms with E-state index in [0.717, 1.165) is 15.2 Å². The maximum Gasteiger partial charge on any atom is 0.140 e. The van der Waals surface area contributed by atoms with Gasteiger partial charge in [0.1, 0.15) is 28.9 Å². The second kappa shape index (κ2) is 8.48. The lowest BCUT2D eigenvalue weighted by Crippen LogP contribution is -1.95. The zero-order valence-corrected chi connectivity index (χ0v) is 17.7. The molecule has 0 aliphatic carbocycles. The maximum absolute atomic E-state index is 9.07. The van der Waals surface area contributed by atoms with Gasteiger partial charge in [0.05, 0.1) is 26.9 Å². The fraction of sp³-hybridized carbons (Fsp3) is 0.0476.